The summed E-state index contributed by atoms with van der Waals surface area (Å²) in [6.07, 6.45) is 1.98. The highest BCUT2D eigenvalue weighted by Crippen LogP contribution is 2.31. The summed E-state index contributed by atoms with van der Waals surface area (Å²) in [6, 6.07) is 5.91. The lowest BCUT2D eigenvalue weighted by Crippen LogP contribution is -2.53. The predicted octanol–water partition coefficient (Wildman–Crippen LogP) is 3.34. The number of rotatable bonds is 7. The fourth-order valence-corrected chi connectivity index (χ4v) is 4.08. The number of benzene rings is 1. The average Bonchev–Trinajstić information content (AvgIpc) is 3.14. The molecule has 1 fully saturated rings. The Morgan fingerprint density at radius 3 is 2.63 bits per heavy atom. The number of urea groups is 1. The van der Waals surface area contributed by atoms with Gasteiger partial charge >= 0.3 is 6.03 Å². The number of aromatic nitrogens is 1. The van der Waals surface area contributed by atoms with Gasteiger partial charge in [0.1, 0.15) is 6.73 Å². The number of imide groups is 1. The van der Waals surface area contributed by atoms with E-state index in [9.17, 15) is 14.4 Å². The number of ether oxygens (including phenoxy) is 1. The first-order valence-corrected chi connectivity index (χ1v) is 13.8. The van der Waals surface area contributed by atoms with E-state index in [4.69, 9.17) is 4.74 Å². The molecule has 162 valence electrons. The molecule has 3 rings (SSSR count). The second kappa shape index (κ2) is 8.61. The third kappa shape index (κ3) is 4.73. The van der Waals surface area contributed by atoms with Gasteiger partial charge in [0.05, 0.1) is 5.69 Å². The summed E-state index contributed by atoms with van der Waals surface area (Å²) in [6.45, 7) is 7.49. The highest BCUT2D eigenvalue weighted by molar-refractivity contribution is 6.76. The van der Waals surface area contributed by atoms with Crippen molar-refractivity contribution in [2.45, 2.75) is 32.1 Å². The van der Waals surface area contributed by atoms with Gasteiger partial charge in [-0.25, -0.2) is 9.69 Å². The molecule has 0 radical (unpaired) electrons. The van der Waals surface area contributed by atoms with Crippen LogP contribution < -0.4 is 4.90 Å². The highest BCUT2D eigenvalue weighted by atomic mass is 28.3. The van der Waals surface area contributed by atoms with E-state index in [1.54, 1.807) is 37.3 Å². The van der Waals surface area contributed by atoms with Crippen molar-refractivity contribution in [2.24, 2.45) is 0 Å². The number of H-pyrrole nitrogens is 1. The number of hydrogen-bond donors (Lipinski definition) is 1. The topological polar surface area (TPSA) is 85.9 Å². The summed E-state index contributed by atoms with van der Waals surface area (Å²) in [7, 11) is 2.11. The molecule has 0 saturated carbocycles. The molecule has 1 aliphatic rings. The molecule has 30 heavy (non-hydrogen) atoms. The number of amides is 4. The van der Waals surface area contributed by atoms with Gasteiger partial charge in [0.2, 0.25) is 5.91 Å². The molecule has 1 N–H and O–H groups in total. The number of aromatic amines is 1. The molecule has 0 spiro atoms. The number of fused-ring (bicyclic) bond motifs is 1. The summed E-state index contributed by atoms with van der Waals surface area (Å²) in [5, 5.41) is 0.826. The van der Waals surface area contributed by atoms with E-state index >= 15 is 0 Å². The third-order valence-corrected chi connectivity index (χ3v) is 6.82. The zero-order valence-electron chi connectivity index (χ0n) is 18.3. The molecule has 9 heteroatoms. The van der Waals surface area contributed by atoms with E-state index in [0.29, 0.717) is 17.9 Å². The minimum absolute atomic E-state index is 0.0504. The molecule has 0 atom stereocenters. The lowest BCUT2D eigenvalue weighted by atomic mass is 10.1. The van der Waals surface area contributed by atoms with Crippen molar-refractivity contribution in [3.8, 4) is 0 Å². The molecular weight excluding hydrogens is 400 g/mol. The Bertz CT molecular complexity index is 964. The summed E-state index contributed by atoms with van der Waals surface area (Å²) >= 11 is 0. The number of anilines is 1. The van der Waals surface area contributed by atoms with Crippen molar-refractivity contribution in [3.63, 3.8) is 0 Å². The fraction of sp³-hybridized carbons (Fsp3) is 0.476. The van der Waals surface area contributed by atoms with Crippen LogP contribution in [0.4, 0.5) is 10.5 Å². The number of carbonyl (C=O) groups is 3. The third-order valence-electron chi connectivity index (χ3n) is 5.12. The van der Waals surface area contributed by atoms with E-state index in [1.807, 2.05) is 6.07 Å². The van der Waals surface area contributed by atoms with Gasteiger partial charge in [0.15, 0.2) is 0 Å². The van der Waals surface area contributed by atoms with Crippen molar-refractivity contribution >= 4 is 42.5 Å². The molecule has 1 saturated heterocycles. The zero-order chi connectivity index (χ0) is 22.1. The molecule has 1 aliphatic heterocycles. The molecule has 4 amide bonds. The first-order chi connectivity index (χ1) is 14.1. The van der Waals surface area contributed by atoms with Crippen LogP contribution in [0, 0.1) is 0 Å². The Labute approximate surface area is 177 Å². The minimum Gasteiger partial charge on any atom is -0.361 e. The fourth-order valence-electron chi connectivity index (χ4n) is 3.33. The highest BCUT2D eigenvalue weighted by Gasteiger charge is 2.34. The van der Waals surface area contributed by atoms with Crippen LogP contribution in [-0.2, 0) is 9.53 Å². The smallest absolute Gasteiger partial charge is 0.333 e. The lowest BCUT2D eigenvalue weighted by Gasteiger charge is -2.34. The summed E-state index contributed by atoms with van der Waals surface area (Å²) < 4.78 is 5.67. The summed E-state index contributed by atoms with van der Waals surface area (Å²) in [5.41, 5.74) is 1.86. The number of nitrogens with one attached hydrogen (secondary N) is 1. The van der Waals surface area contributed by atoms with Crippen LogP contribution in [0.5, 0.6) is 0 Å². The normalized spacial score (nSPS) is 15.2. The molecule has 1 aromatic carbocycles. The van der Waals surface area contributed by atoms with Crippen molar-refractivity contribution in [2.75, 3.05) is 38.9 Å². The van der Waals surface area contributed by atoms with Gasteiger partial charge in [-0.15, -0.1) is 0 Å². The van der Waals surface area contributed by atoms with Crippen molar-refractivity contribution in [1.82, 2.24) is 14.8 Å². The Morgan fingerprint density at radius 2 is 1.97 bits per heavy atom. The maximum Gasteiger partial charge on any atom is 0.333 e. The SMILES string of the molecule is CN(C)C(=O)c1cc(N2CCC(=O)N(COCC[Si](C)(C)C)C2=O)c2cc[nH]c2c1. The second-order valence-corrected chi connectivity index (χ2v) is 14.6. The van der Waals surface area contributed by atoms with Crippen molar-refractivity contribution < 1.29 is 19.1 Å². The molecule has 2 heterocycles. The summed E-state index contributed by atoms with van der Waals surface area (Å²) in [5.74, 6) is -0.394. The minimum atomic E-state index is -1.26. The van der Waals surface area contributed by atoms with E-state index in [2.05, 4.69) is 24.6 Å². The van der Waals surface area contributed by atoms with E-state index < -0.39 is 14.1 Å². The molecular formula is C21H30N4O4Si. The monoisotopic (exact) mass is 430 g/mol. The largest absolute Gasteiger partial charge is 0.361 e. The van der Waals surface area contributed by atoms with Crippen LogP contribution in [0.3, 0.4) is 0 Å². The maximum absolute atomic E-state index is 13.2. The van der Waals surface area contributed by atoms with Gasteiger partial charge in [0, 0.05) is 64.4 Å². The van der Waals surface area contributed by atoms with Crippen LogP contribution in [-0.4, -0.2) is 74.7 Å². The van der Waals surface area contributed by atoms with E-state index in [1.165, 1.54) is 4.90 Å². The van der Waals surface area contributed by atoms with Crippen molar-refractivity contribution in [1.29, 1.82) is 0 Å². The Kier molecular flexibility index (Phi) is 6.32. The quantitative estimate of drug-likeness (QED) is 0.539. The first kappa shape index (κ1) is 22.0. The molecule has 0 unspecified atom stereocenters. The van der Waals surface area contributed by atoms with Gasteiger partial charge in [-0.1, -0.05) is 19.6 Å². The average molecular weight is 431 g/mol. The van der Waals surface area contributed by atoms with Crippen LogP contribution in [0.2, 0.25) is 25.7 Å². The predicted molar refractivity (Wildman–Crippen MR) is 119 cm³/mol. The van der Waals surface area contributed by atoms with E-state index in [-0.39, 0.29) is 31.5 Å². The molecule has 8 nitrogen and oxygen atoms in total. The van der Waals surface area contributed by atoms with Gasteiger partial charge in [-0.2, -0.15) is 0 Å². The summed E-state index contributed by atoms with van der Waals surface area (Å²) in [4.78, 5) is 45.4. The van der Waals surface area contributed by atoms with Gasteiger partial charge in [0.25, 0.3) is 5.91 Å². The lowest BCUT2D eigenvalue weighted by molar-refractivity contribution is -0.133. The molecule has 2 aromatic rings. The number of carbonyl (C=O) groups excluding carboxylic acids is 3. The Hall–Kier alpha value is -2.65. The van der Waals surface area contributed by atoms with Crippen LogP contribution in [0.1, 0.15) is 16.8 Å². The maximum atomic E-state index is 13.2. The van der Waals surface area contributed by atoms with Crippen LogP contribution >= 0.6 is 0 Å². The first-order valence-electron chi connectivity index (χ1n) is 10.1. The second-order valence-electron chi connectivity index (χ2n) is 8.99. The Balaban J connectivity index is 1.85. The van der Waals surface area contributed by atoms with Crippen LogP contribution in [0.25, 0.3) is 10.9 Å². The van der Waals surface area contributed by atoms with Gasteiger partial charge in [-0.05, 0) is 24.2 Å². The molecule has 1 aromatic heterocycles. The zero-order valence-corrected chi connectivity index (χ0v) is 19.3. The standard InChI is InChI=1S/C21H30N4O4Si/c1-23(2)20(27)15-12-17-16(6-8-22-17)18(13-15)24-9-7-19(26)25(21(24)28)14-29-10-11-30(3,4)5/h6,8,12-13,22H,7,9-11,14H2,1-5H3. The number of nitrogens with zero attached hydrogens (tertiary/aromatic N) is 3. The molecule has 0 aliphatic carbocycles. The van der Waals surface area contributed by atoms with Crippen molar-refractivity contribution in [3.05, 3.63) is 30.0 Å². The van der Waals surface area contributed by atoms with Crippen LogP contribution in [0.15, 0.2) is 24.4 Å². The van der Waals surface area contributed by atoms with Gasteiger partial charge in [-0.3, -0.25) is 14.5 Å². The molecule has 0 bridgehead atoms. The Morgan fingerprint density at radius 1 is 1.23 bits per heavy atom. The van der Waals surface area contributed by atoms with Gasteiger partial charge < -0.3 is 14.6 Å². The van der Waals surface area contributed by atoms with E-state index in [0.717, 1.165) is 21.8 Å². The number of hydrogen-bond acceptors (Lipinski definition) is 4.